The molecule has 1 N–H and O–H groups in total. The van der Waals surface area contributed by atoms with E-state index in [1.54, 1.807) is 11.0 Å². The van der Waals surface area contributed by atoms with E-state index in [0.717, 1.165) is 17.7 Å². The minimum atomic E-state index is -0.788. The summed E-state index contributed by atoms with van der Waals surface area (Å²) in [5.74, 6) is 0.752. The number of ether oxygens (including phenoxy) is 1. The predicted molar refractivity (Wildman–Crippen MR) is 76.8 cm³/mol. The van der Waals surface area contributed by atoms with Crippen molar-refractivity contribution in [1.29, 1.82) is 0 Å². The van der Waals surface area contributed by atoms with Crippen molar-refractivity contribution in [3.8, 4) is 5.75 Å². The van der Waals surface area contributed by atoms with E-state index in [4.69, 9.17) is 4.74 Å². The van der Waals surface area contributed by atoms with Gasteiger partial charge in [0.1, 0.15) is 23.9 Å². The van der Waals surface area contributed by atoms with Crippen molar-refractivity contribution in [3.63, 3.8) is 0 Å². The number of fused-ring (bicyclic) bond motifs is 1. The highest BCUT2D eigenvalue weighted by Gasteiger charge is 2.33. The Kier molecular flexibility index (Phi) is 3.37. The smallest absolute Gasteiger partial charge is 0.247 e. The molecule has 6 nitrogen and oxygen atoms in total. The van der Waals surface area contributed by atoms with E-state index >= 15 is 0 Å². The Labute approximate surface area is 123 Å². The second-order valence-electron chi connectivity index (χ2n) is 5.60. The van der Waals surface area contributed by atoms with Crippen molar-refractivity contribution in [2.45, 2.75) is 31.8 Å². The molecule has 0 unspecified atom stereocenters. The van der Waals surface area contributed by atoms with E-state index in [2.05, 4.69) is 15.4 Å². The highest BCUT2D eigenvalue weighted by Crippen LogP contribution is 2.32. The summed E-state index contributed by atoms with van der Waals surface area (Å²) in [7, 11) is 0. The molecular weight excluding hydrogens is 268 g/mol. The highest BCUT2D eigenvalue weighted by atomic mass is 16.5. The zero-order valence-electron chi connectivity index (χ0n) is 12.1. The minimum absolute atomic E-state index is 0.0368. The molecule has 0 saturated carbocycles. The molecule has 21 heavy (non-hydrogen) atoms. The molecule has 0 radical (unpaired) electrons. The summed E-state index contributed by atoms with van der Waals surface area (Å²) >= 11 is 0. The van der Waals surface area contributed by atoms with Gasteiger partial charge < -0.3 is 10.1 Å². The molecule has 6 heteroatoms. The molecule has 1 aliphatic rings. The summed E-state index contributed by atoms with van der Waals surface area (Å²) in [5, 5.41) is 7.16. The number of carbonyl (C=O) groups is 1. The lowest BCUT2D eigenvalue weighted by Gasteiger charge is -2.30. The van der Waals surface area contributed by atoms with Crippen LogP contribution in [0.2, 0.25) is 0 Å². The lowest BCUT2D eigenvalue weighted by Crippen LogP contribution is -2.46. The quantitative estimate of drug-likeness (QED) is 0.931. The van der Waals surface area contributed by atoms with Crippen LogP contribution in [0, 0.1) is 0 Å². The monoisotopic (exact) mass is 286 g/mol. The summed E-state index contributed by atoms with van der Waals surface area (Å²) in [6, 6.07) is 7.76. The largest absolute Gasteiger partial charge is 0.493 e. The van der Waals surface area contributed by atoms with E-state index in [0.29, 0.717) is 6.61 Å². The molecule has 0 aliphatic carbocycles. The first-order chi connectivity index (χ1) is 10.1. The van der Waals surface area contributed by atoms with Crippen LogP contribution in [0.3, 0.4) is 0 Å². The van der Waals surface area contributed by atoms with Crippen molar-refractivity contribution in [2.24, 2.45) is 0 Å². The molecule has 0 spiro atoms. The van der Waals surface area contributed by atoms with Gasteiger partial charge in [-0.25, -0.2) is 9.67 Å². The molecular formula is C15H18N4O2. The van der Waals surface area contributed by atoms with Gasteiger partial charge in [-0.15, -0.1) is 0 Å². The number of nitrogens with one attached hydrogen (secondary N) is 1. The lowest BCUT2D eigenvalue weighted by molar-refractivity contribution is -0.129. The zero-order valence-corrected chi connectivity index (χ0v) is 12.1. The van der Waals surface area contributed by atoms with Gasteiger partial charge in [-0.1, -0.05) is 18.2 Å². The zero-order chi connectivity index (χ0) is 14.9. The van der Waals surface area contributed by atoms with E-state index in [9.17, 15) is 4.79 Å². The van der Waals surface area contributed by atoms with Gasteiger partial charge in [0.05, 0.1) is 12.6 Å². The van der Waals surface area contributed by atoms with Gasteiger partial charge in [0.2, 0.25) is 5.91 Å². The van der Waals surface area contributed by atoms with Crippen LogP contribution in [0.15, 0.2) is 36.9 Å². The van der Waals surface area contributed by atoms with Crippen LogP contribution in [0.5, 0.6) is 5.75 Å². The Balaban J connectivity index is 1.80. The Morgan fingerprint density at radius 1 is 1.43 bits per heavy atom. The van der Waals surface area contributed by atoms with Crippen LogP contribution in [-0.4, -0.2) is 27.3 Å². The maximum Gasteiger partial charge on any atom is 0.247 e. The van der Waals surface area contributed by atoms with E-state index in [1.807, 2.05) is 38.1 Å². The van der Waals surface area contributed by atoms with Crippen molar-refractivity contribution < 1.29 is 9.53 Å². The number of nitrogens with zero attached hydrogens (tertiary/aromatic N) is 3. The molecule has 0 bridgehead atoms. The number of amides is 1. The fraction of sp³-hybridized carbons (Fsp3) is 0.400. The van der Waals surface area contributed by atoms with Gasteiger partial charge in [-0.2, -0.15) is 5.10 Å². The van der Waals surface area contributed by atoms with Crippen molar-refractivity contribution in [2.75, 3.05) is 6.61 Å². The first-order valence-corrected chi connectivity index (χ1v) is 6.97. The standard InChI is InChI=1S/C15H18N4O2/c1-15(2,19-10-16-9-17-19)14(20)18-12-7-8-21-13-6-4-3-5-11(12)13/h3-6,9-10,12H,7-8H2,1-2H3,(H,18,20)/t12-/m0/s1. The van der Waals surface area contributed by atoms with Crippen molar-refractivity contribution in [1.82, 2.24) is 20.1 Å². The van der Waals surface area contributed by atoms with Crippen molar-refractivity contribution >= 4 is 5.91 Å². The second-order valence-corrected chi connectivity index (χ2v) is 5.60. The Hall–Kier alpha value is -2.37. The summed E-state index contributed by atoms with van der Waals surface area (Å²) in [4.78, 5) is 16.5. The average Bonchev–Trinajstić information content (AvgIpc) is 3.02. The van der Waals surface area contributed by atoms with Gasteiger partial charge in [0.25, 0.3) is 0 Å². The van der Waals surface area contributed by atoms with Gasteiger partial charge in [0.15, 0.2) is 0 Å². The second kappa shape index (κ2) is 5.20. The SMILES string of the molecule is CC(C)(C(=O)N[C@H]1CCOc2ccccc21)n1cncn1. The molecule has 1 aromatic carbocycles. The fourth-order valence-corrected chi connectivity index (χ4v) is 2.43. The Morgan fingerprint density at radius 3 is 3.00 bits per heavy atom. The molecule has 1 aliphatic heterocycles. The molecule has 2 aromatic rings. The van der Waals surface area contributed by atoms with Gasteiger partial charge >= 0.3 is 0 Å². The number of para-hydroxylation sites is 1. The topological polar surface area (TPSA) is 69.0 Å². The number of aromatic nitrogens is 3. The summed E-state index contributed by atoms with van der Waals surface area (Å²) in [6.45, 7) is 4.25. The lowest BCUT2D eigenvalue weighted by atomic mass is 9.98. The number of hydrogen-bond donors (Lipinski definition) is 1. The third-order valence-electron chi connectivity index (χ3n) is 3.81. The van der Waals surface area contributed by atoms with Crippen LogP contribution < -0.4 is 10.1 Å². The van der Waals surface area contributed by atoms with Gasteiger partial charge in [0, 0.05) is 12.0 Å². The number of rotatable bonds is 3. The maximum absolute atomic E-state index is 12.6. The highest BCUT2D eigenvalue weighted by molar-refractivity contribution is 5.84. The van der Waals surface area contributed by atoms with E-state index in [1.165, 1.54) is 6.33 Å². The molecule has 0 fully saturated rings. The maximum atomic E-state index is 12.6. The van der Waals surface area contributed by atoms with Crippen LogP contribution in [0.4, 0.5) is 0 Å². The molecule has 0 saturated heterocycles. The van der Waals surface area contributed by atoms with Crippen molar-refractivity contribution in [3.05, 3.63) is 42.5 Å². The number of hydrogen-bond acceptors (Lipinski definition) is 4. The van der Waals surface area contributed by atoms with Crippen LogP contribution in [0.1, 0.15) is 31.9 Å². The number of benzene rings is 1. The molecule has 1 aromatic heterocycles. The predicted octanol–water partition coefficient (Wildman–Crippen LogP) is 1.65. The summed E-state index contributed by atoms with van der Waals surface area (Å²) < 4.78 is 7.18. The fourth-order valence-electron chi connectivity index (χ4n) is 2.43. The minimum Gasteiger partial charge on any atom is -0.493 e. The molecule has 1 atom stereocenters. The third kappa shape index (κ3) is 2.49. The Bertz CT molecular complexity index is 637. The van der Waals surface area contributed by atoms with Crippen LogP contribution in [0.25, 0.3) is 0 Å². The van der Waals surface area contributed by atoms with Gasteiger partial charge in [-0.05, 0) is 19.9 Å². The molecule has 1 amide bonds. The summed E-state index contributed by atoms with van der Waals surface area (Å²) in [6.07, 6.45) is 3.74. The summed E-state index contributed by atoms with van der Waals surface area (Å²) in [5.41, 5.74) is 0.232. The van der Waals surface area contributed by atoms with Gasteiger partial charge in [-0.3, -0.25) is 4.79 Å². The third-order valence-corrected chi connectivity index (χ3v) is 3.81. The molecule has 3 rings (SSSR count). The van der Waals surface area contributed by atoms with E-state index < -0.39 is 5.54 Å². The average molecular weight is 286 g/mol. The van der Waals surface area contributed by atoms with Crippen LogP contribution >= 0.6 is 0 Å². The molecule has 2 heterocycles. The normalized spacial score (nSPS) is 17.7. The first-order valence-electron chi connectivity index (χ1n) is 6.97. The van der Waals surface area contributed by atoms with E-state index in [-0.39, 0.29) is 11.9 Å². The Morgan fingerprint density at radius 2 is 2.24 bits per heavy atom. The first kappa shape index (κ1) is 13.6. The number of carbonyl (C=O) groups excluding carboxylic acids is 1. The van der Waals surface area contributed by atoms with Crippen LogP contribution in [-0.2, 0) is 10.3 Å². The molecule has 110 valence electrons.